The predicted octanol–water partition coefficient (Wildman–Crippen LogP) is 6.08. The maximum absolute atomic E-state index is 13.1. The molecular weight excluding hydrogens is 718 g/mol. The lowest BCUT2D eigenvalue weighted by Gasteiger charge is -2.39. The molecule has 14 heteroatoms. The highest BCUT2D eigenvalue weighted by atomic mass is 35.5. The molecule has 4 aromatic rings. The van der Waals surface area contributed by atoms with Gasteiger partial charge in [-0.05, 0) is 99.7 Å². The van der Waals surface area contributed by atoms with Gasteiger partial charge in [-0.15, -0.1) is 10.2 Å². The summed E-state index contributed by atoms with van der Waals surface area (Å²) < 4.78 is 8.46. The summed E-state index contributed by atoms with van der Waals surface area (Å²) in [7, 11) is 0. The number of halogens is 1. The quantitative estimate of drug-likeness (QED) is 0.207. The van der Waals surface area contributed by atoms with Gasteiger partial charge >= 0.3 is 6.03 Å². The highest BCUT2D eigenvalue weighted by molar-refractivity contribution is 6.31. The highest BCUT2D eigenvalue weighted by Crippen LogP contribution is 2.34. The molecule has 0 spiro atoms. The SMILES string of the molecule is N#Cc1ccc(O[C@H]2CC[C@H](NC(=O)c3ccc(N4CCC[C@@H](CN5CCC(n6ccc7c(N8CCC(=O)NC8=O)cccc76)CC5)C4)nn3)CC2)cc1Cl. The number of fused-ring (bicyclic) bond motifs is 1. The van der Waals surface area contributed by atoms with Crippen molar-refractivity contribution >= 4 is 51.9 Å². The number of nitriles is 1. The number of carbonyl (C=O) groups excluding carboxylic acids is 3. The molecule has 2 N–H and O–H groups in total. The average Bonchev–Trinajstić information content (AvgIpc) is 3.64. The van der Waals surface area contributed by atoms with Crippen LogP contribution in [0.1, 0.15) is 79.9 Å². The largest absolute Gasteiger partial charge is 0.490 e. The number of nitrogens with one attached hydrogen (secondary N) is 2. The topological polar surface area (TPSA) is 149 Å². The number of nitrogens with zero attached hydrogens (tertiary/aromatic N) is 7. The number of rotatable bonds is 9. The molecule has 55 heavy (non-hydrogen) atoms. The Bertz CT molecular complexity index is 2080. The van der Waals surface area contributed by atoms with Gasteiger partial charge in [0.2, 0.25) is 5.91 Å². The van der Waals surface area contributed by atoms with E-state index in [1.807, 2.05) is 18.2 Å². The number of carbonyl (C=O) groups is 3. The molecule has 2 aromatic carbocycles. The standard InChI is InChI=1S/C41H46ClN9O4/c42-34-23-32(9-6-28(34)24-43)55-31-10-7-29(8-11-31)44-40(53)35-12-13-38(47-46-35)49-18-2-3-27(26-49)25-48-19-14-30(15-20-48)50-21-16-33-36(50)4-1-5-37(33)51-22-17-39(52)45-41(51)54/h1,4-6,9,12-13,16,21,23,27,29-31H,2-3,7-8,10-11,14-15,17-20,22,25-26H2,(H,44,53)(H,45,52,54)/t27-,29-,31-/m0/s1. The summed E-state index contributed by atoms with van der Waals surface area (Å²) in [6.07, 6.45) is 10.1. The summed E-state index contributed by atoms with van der Waals surface area (Å²) in [5, 5.41) is 24.9. The molecule has 4 aliphatic rings. The molecule has 4 amide bonds. The zero-order chi connectivity index (χ0) is 37.9. The number of hydrogen-bond acceptors (Lipinski definition) is 9. The molecule has 1 aliphatic carbocycles. The van der Waals surface area contributed by atoms with Crippen molar-refractivity contribution in [2.24, 2.45) is 5.92 Å². The molecule has 3 saturated heterocycles. The van der Waals surface area contributed by atoms with Crippen LogP contribution < -0.4 is 25.2 Å². The second kappa shape index (κ2) is 16.3. The number of amides is 4. The van der Waals surface area contributed by atoms with Crippen LogP contribution >= 0.6 is 11.6 Å². The first-order chi connectivity index (χ1) is 26.8. The third-order valence-corrected chi connectivity index (χ3v) is 12.0. The molecule has 8 rings (SSSR count). The van der Waals surface area contributed by atoms with Crippen LogP contribution in [-0.2, 0) is 4.79 Å². The average molecular weight is 764 g/mol. The van der Waals surface area contributed by atoms with E-state index in [0.29, 0.717) is 47.0 Å². The number of hydrogen-bond donors (Lipinski definition) is 2. The van der Waals surface area contributed by atoms with E-state index in [2.05, 4.69) is 59.6 Å². The fraction of sp³-hybridized carbons (Fsp3) is 0.463. The van der Waals surface area contributed by atoms with Crippen molar-refractivity contribution in [1.82, 2.24) is 30.3 Å². The number of ether oxygens (including phenoxy) is 1. The van der Waals surface area contributed by atoms with E-state index in [1.165, 1.54) is 6.42 Å². The van der Waals surface area contributed by atoms with Crippen LogP contribution in [0.15, 0.2) is 60.8 Å². The van der Waals surface area contributed by atoms with E-state index < -0.39 is 0 Å². The van der Waals surface area contributed by atoms with E-state index in [0.717, 1.165) is 100 Å². The molecule has 0 unspecified atom stereocenters. The van der Waals surface area contributed by atoms with Crippen LogP contribution in [0.5, 0.6) is 5.75 Å². The highest BCUT2D eigenvalue weighted by Gasteiger charge is 2.30. The molecule has 286 valence electrons. The third-order valence-electron chi connectivity index (χ3n) is 11.7. The van der Waals surface area contributed by atoms with E-state index in [-0.39, 0.29) is 30.0 Å². The van der Waals surface area contributed by atoms with Crippen molar-refractivity contribution in [3.05, 3.63) is 77.1 Å². The molecule has 2 aromatic heterocycles. The van der Waals surface area contributed by atoms with Gasteiger partial charge in [0.15, 0.2) is 11.5 Å². The van der Waals surface area contributed by atoms with Crippen molar-refractivity contribution in [2.45, 2.75) is 76.0 Å². The van der Waals surface area contributed by atoms with E-state index >= 15 is 0 Å². The lowest BCUT2D eigenvalue weighted by atomic mass is 9.92. The first kappa shape index (κ1) is 36.8. The molecule has 5 heterocycles. The van der Waals surface area contributed by atoms with Crippen LogP contribution in [0.25, 0.3) is 10.9 Å². The van der Waals surface area contributed by atoms with Gasteiger partial charge in [-0.2, -0.15) is 5.26 Å². The summed E-state index contributed by atoms with van der Waals surface area (Å²) >= 11 is 6.16. The minimum atomic E-state index is -0.357. The monoisotopic (exact) mass is 763 g/mol. The lowest BCUT2D eigenvalue weighted by molar-refractivity contribution is -0.120. The number of benzene rings is 2. The molecule has 3 aliphatic heterocycles. The Balaban J connectivity index is 0.791. The number of anilines is 2. The van der Waals surface area contributed by atoms with Crippen LogP contribution in [0.4, 0.5) is 16.3 Å². The fourth-order valence-corrected chi connectivity index (χ4v) is 8.95. The van der Waals surface area contributed by atoms with Gasteiger partial charge in [0.05, 0.1) is 27.9 Å². The van der Waals surface area contributed by atoms with Crippen LogP contribution in [-0.4, -0.2) is 88.9 Å². The van der Waals surface area contributed by atoms with Crippen LogP contribution in [0, 0.1) is 17.2 Å². The Kier molecular flexibility index (Phi) is 10.9. The van der Waals surface area contributed by atoms with Crippen molar-refractivity contribution in [3.63, 3.8) is 0 Å². The maximum atomic E-state index is 13.1. The van der Waals surface area contributed by atoms with Crippen LogP contribution in [0.3, 0.4) is 0 Å². The minimum Gasteiger partial charge on any atom is -0.490 e. The van der Waals surface area contributed by atoms with Gasteiger partial charge in [0, 0.05) is 75.4 Å². The molecule has 1 saturated carbocycles. The smallest absolute Gasteiger partial charge is 0.328 e. The van der Waals surface area contributed by atoms with Crippen molar-refractivity contribution < 1.29 is 19.1 Å². The second-order valence-corrected chi connectivity index (χ2v) is 15.7. The van der Waals surface area contributed by atoms with Gasteiger partial charge in [0.25, 0.3) is 5.91 Å². The maximum Gasteiger partial charge on any atom is 0.328 e. The Morgan fingerprint density at radius 1 is 0.964 bits per heavy atom. The first-order valence-electron chi connectivity index (χ1n) is 19.5. The number of urea groups is 1. The second-order valence-electron chi connectivity index (χ2n) is 15.3. The lowest BCUT2D eigenvalue weighted by Crippen LogP contribution is -2.49. The molecular formula is C41H46ClN9O4. The summed E-state index contributed by atoms with van der Waals surface area (Å²) in [6, 6.07) is 19.1. The summed E-state index contributed by atoms with van der Waals surface area (Å²) in [6.45, 7) is 5.34. The third kappa shape index (κ3) is 8.26. The minimum absolute atomic E-state index is 0.0318. The zero-order valence-corrected chi connectivity index (χ0v) is 31.6. The van der Waals surface area contributed by atoms with Crippen molar-refractivity contribution in [1.29, 1.82) is 5.26 Å². The zero-order valence-electron chi connectivity index (χ0n) is 30.8. The summed E-state index contributed by atoms with van der Waals surface area (Å²) in [5.41, 5.74) is 2.71. The number of aromatic nitrogens is 3. The van der Waals surface area contributed by atoms with E-state index in [1.54, 1.807) is 29.2 Å². The Labute approximate surface area is 325 Å². The van der Waals surface area contributed by atoms with Gasteiger partial charge < -0.3 is 24.4 Å². The van der Waals surface area contributed by atoms with Gasteiger partial charge in [-0.1, -0.05) is 17.7 Å². The number of imide groups is 1. The molecule has 4 fully saturated rings. The summed E-state index contributed by atoms with van der Waals surface area (Å²) in [4.78, 5) is 43.9. The number of piperidine rings is 2. The van der Waals surface area contributed by atoms with Gasteiger partial charge in [-0.3, -0.25) is 19.8 Å². The van der Waals surface area contributed by atoms with Gasteiger partial charge in [-0.25, -0.2) is 4.79 Å². The van der Waals surface area contributed by atoms with Crippen molar-refractivity contribution in [3.8, 4) is 11.8 Å². The fourth-order valence-electron chi connectivity index (χ4n) is 8.74. The molecule has 1 atom stereocenters. The number of likely N-dealkylation sites (tertiary alicyclic amines) is 1. The van der Waals surface area contributed by atoms with E-state index in [9.17, 15) is 14.4 Å². The normalized spacial score (nSPS) is 22.7. The molecule has 0 bridgehead atoms. The Morgan fingerprint density at radius 2 is 1.80 bits per heavy atom. The first-order valence-corrected chi connectivity index (χ1v) is 19.9. The van der Waals surface area contributed by atoms with Gasteiger partial charge in [0.1, 0.15) is 11.8 Å². The summed E-state index contributed by atoms with van der Waals surface area (Å²) in [5.74, 6) is 1.56. The predicted molar refractivity (Wildman–Crippen MR) is 209 cm³/mol. The Morgan fingerprint density at radius 3 is 2.55 bits per heavy atom. The van der Waals surface area contributed by atoms with Crippen molar-refractivity contribution in [2.75, 3.05) is 49.1 Å². The van der Waals surface area contributed by atoms with Crippen LogP contribution in [0.2, 0.25) is 5.02 Å². The molecule has 0 radical (unpaired) electrons. The van der Waals surface area contributed by atoms with E-state index in [4.69, 9.17) is 21.6 Å². The Hall–Kier alpha value is -5.19. The molecule has 13 nitrogen and oxygen atoms in total.